The van der Waals surface area contributed by atoms with E-state index in [4.69, 9.17) is 4.74 Å². The molecule has 0 bridgehead atoms. The Balaban J connectivity index is 1.67. The van der Waals surface area contributed by atoms with Crippen molar-refractivity contribution in [2.24, 2.45) is 5.10 Å². The van der Waals surface area contributed by atoms with Crippen LogP contribution in [0.4, 0.5) is 28.4 Å². The molecule has 13 heteroatoms. The summed E-state index contributed by atoms with van der Waals surface area (Å²) in [6.07, 6.45) is -5.31. The van der Waals surface area contributed by atoms with Gasteiger partial charge < -0.3 is 24.6 Å². The van der Waals surface area contributed by atoms with Crippen LogP contribution in [0.15, 0.2) is 59.7 Å². The van der Waals surface area contributed by atoms with Gasteiger partial charge in [-0.1, -0.05) is 30.3 Å². The molecule has 3 rings (SSSR count). The monoisotopic (exact) mass is 493 g/mol. The van der Waals surface area contributed by atoms with Crippen LogP contribution in [0.3, 0.4) is 0 Å². The van der Waals surface area contributed by atoms with Crippen LogP contribution in [0, 0.1) is 0 Å². The van der Waals surface area contributed by atoms with Gasteiger partial charge in [-0.2, -0.15) is 5.10 Å². The summed E-state index contributed by atoms with van der Waals surface area (Å²) >= 11 is 0. The number of carbonyl (C=O) groups excluding carboxylic acids is 3. The lowest BCUT2D eigenvalue weighted by molar-refractivity contribution is -0.274. The molecule has 1 saturated heterocycles. The molecule has 0 aromatic heterocycles. The van der Waals surface area contributed by atoms with Crippen molar-refractivity contribution in [3.8, 4) is 5.75 Å². The van der Waals surface area contributed by atoms with Gasteiger partial charge in [-0.15, -0.1) is 13.2 Å². The maximum Gasteiger partial charge on any atom is 0.573 e. The second kappa shape index (κ2) is 11.2. The number of benzene rings is 2. The topological polar surface area (TPSA) is 113 Å². The maximum absolute atomic E-state index is 13.2. The van der Waals surface area contributed by atoms with E-state index in [0.29, 0.717) is 5.56 Å². The average Bonchev–Trinajstić information content (AvgIpc) is 2.84. The second-order valence-corrected chi connectivity index (χ2v) is 7.21. The Kier molecular flexibility index (Phi) is 8.12. The van der Waals surface area contributed by atoms with Crippen molar-refractivity contribution in [3.05, 3.63) is 60.2 Å². The van der Waals surface area contributed by atoms with Crippen LogP contribution < -0.4 is 15.5 Å². The molecule has 0 saturated carbocycles. The van der Waals surface area contributed by atoms with Gasteiger partial charge in [0.2, 0.25) is 0 Å². The number of ether oxygens (including phenoxy) is 2. The zero-order valence-electron chi connectivity index (χ0n) is 18.5. The summed E-state index contributed by atoms with van der Waals surface area (Å²) in [5, 5.41) is 6.39. The molecule has 10 nitrogen and oxygen atoms in total. The molecule has 1 aliphatic heterocycles. The van der Waals surface area contributed by atoms with E-state index in [0.717, 1.165) is 12.1 Å². The van der Waals surface area contributed by atoms with Crippen LogP contribution in [-0.4, -0.2) is 73.2 Å². The summed E-state index contributed by atoms with van der Waals surface area (Å²) in [6.45, 7) is 1.06. The number of amides is 4. The SMILES string of the molecule is COC(=O)N1CCN(C(=O)C(=NNC(=O)Nc2ccc(OC(F)(F)F)cc2)c2ccccc2)CC1. The van der Waals surface area contributed by atoms with E-state index < -0.39 is 30.1 Å². The van der Waals surface area contributed by atoms with Crippen molar-refractivity contribution in [3.63, 3.8) is 0 Å². The minimum atomic E-state index is -4.83. The number of carbonyl (C=O) groups is 3. The zero-order valence-corrected chi connectivity index (χ0v) is 18.5. The van der Waals surface area contributed by atoms with Crippen LogP contribution in [0.5, 0.6) is 5.75 Å². The number of nitrogens with zero attached hydrogens (tertiary/aromatic N) is 3. The number of halogens is 3. The average molecular weight is 493 g/mol. The summed E-state index contributed by atoms with van der Waals surface area (Å²) < 4.78 is 45.3. The number of anilines is 1. The van der Waals surface area contributed by atoms with Crippen LogP contribution in [0.25, 0.3) is 0 Å². The van der Waals surface area contributed by atoms with Crippen molar-refractivity contribution in [2.45, 2.75) is 6.36 Å². The van der Waals surface area contributed by atoms with E-state index in [1.807, 2.05) is 0 Å². The number of hydrogen-bond donors (Lipinski definition) is 2. The molecule has 0 spiro atoms. The molecule has 2 N–H and O–H groups in total. The van der Waals surface area contributed by atoms with E-state index in [1.54, 1.807) is 30.3 Å². The first-order valence-electron chi connectivity index (χ1n) is 10.3. The summed E-state index contributed by atoms with van der Waals surface area (Å²) in [5.74, 6) is -0.889. The summed E-state index contributed by atoms with van der Waals surface area (Å²) in [7, 11) is 1.28. The largest absolute Gasteiger partial charge is 0.573 e. The molecule has 1 aliphatic rings. The molecule has 186 valence electrons. The highest BCUT2D eigenvalue weighted by molar-refractivity contribution is 6.45. The summed E-state index contributed by atoms with van der Waals surface area (Å²) in [4.78, 5) is 40.1. The first-order chi connectivity index (χ1) is 16.7. The van der Waals surface area contributed by atoms with Gasteiger partial charge in [-0.3, -0.25) is 4.79 Å². The van der Waals surface area contributed by atoms with Crippen LogP contribution in [0.1, 0.15) is 5.56 Å². The highest BCUT2D eigenvalue weighted by Gasteiger charge is 2.31. The van der Waals surface area contributed by atoms with Gasteiger partial charge >= 0.3 is 18.5 Å². The van der Waals surface area contributed by atoms with E-state index in [9.17, 15) is 27.6 Å². The predicted molar refractivity (Wildman–Crippen MR) is 119 cm³/mol. The van der Waals surface area contributed by atoms with E-state index in [2.05, 4.69) is 20.6 Å². The normalized spacial score (nSPS) is 14.2. The third-order valence-electron chi connectivity index (χ3n) is 4.86. The molecule has 1 heterocycles. The fourth-order valence-electron chi connectivity index (χ4n) is 3.21. The van der Waals surface area contributed by atoms with E-state index in [1.165, 1.54) is 29.0 Å². The number of alkyl halides is 3. The zero-order chi connectivity index (χ0) is 25.4. The molecule has 35 heavy (non-hydrogen) atoms. The van der Waals surface area contributed by atoms with E-state index >= 15 is 0 Å². The molecule has 1 fully saturated rings. The minimum Gasteiger partial charge on any atom is -0.453 e. The molecule has 0 atom stereocenters. The number of rotatable bonds is 5. The Morgan fingerprint density at radius 3 is 2.09 bits per heavy atom. The third-order valence-corrected chi connectivity index (χ3v) is 4.86. The van der Waals surface area contributed by atoms with Gasteiger partial charge in [0.05, 0.1) is 7.11 Å². The van der Waals surface area contributed by atoms with Crippen molar-refractivity contribution < 1.29 is 37.0 Å². The van der Waals surface area contributed by atoms with Gasteiger partial charge in [0, 0.05) is 37.4 Å². The Morgan fingerprint density at radius 2 is 1.51 bits per heavy atom. The molecular formula is C22H22F3N5O5. The lowest BCUT2D eigenvalue weighted by Crippen LogP contribution is -2.52. The van der Waals surface area contributed by atoms with Gasteiger partial charge in [0.25, 0.3) is 5.91 Å². The molecule has 2 aromatic rings. The van der Waals surface area contributed by atoms with Gasteiger partial charge in [-0.25, -0.2) is 15.0 Å². The predicted octanol–water partition coefficient (Wildman–Crippen LogP) is 3.02. The third kappa shape index (κ3) is 7.35. The fraction of sp³-hybridized carbons (Fsp3) is 0.273. The Hall–Kier alpha value is -4.29. The molecule has 0 aliphatic carbocycles. The van der Waals surface area contributed by atoms with Crippen molar-refractivity contribution in [1.29, 1.82) is 0 Å². The lowest BCUT2D eigenvalue weighted by Gasteiger charge is -2.34. The number of methoxy groups -OCH3 is 1. The van der Waals surface area contributed by atoms with Crippen LogP contribution in [0.2, 0.25) is 0 Å². The van der Waals surface area contributed by atoms with Crippen LogP contribution in [-0.2, 0) is 9.53 Å². The van der Waals surface area contributed by atoms with Crippen molar-refractivity contribution in [2.75, 3.05) is 38.6 Å². The molecule has 0 unspecified atom stereocenters. The summed E-state index contributed by atoms with van der Waals surface area (Å²) in [6, 6.07) is 12.2. The second-order valence-electron chi connectivity index (χ2n) is 7.21. The first-order valence-corrected chi connectivity index (χ1v) is 10.3. The van der Waals surface area contributed by atoms with Gasteiger partial charge in [-0.05, 0) is 24.3 Å². The van der Waals surface area contributed by atoms with E-state index in [-0.39, 0.29) is 37.6 Å². The Morgan fingerprint density at radius 1 is 0.914 bits per heavy atom. The first kappa shape index (κ1) is 25.3. The summed E-state index contributed by atoms with van der Waals surface area (Å²) in [5.41, 5.74) is 2.85. The number of urea groups is 1. The highest BCUT2D eigenvalue weighted by Crippen LogP contribution is 2.23. The minimum absolute atomic E-state index is 0.0267. The molecule has 4 amide bonds. The lowest BCUT2D eigenvalue weighted by atomic mass is 10.1. The molecule has 0 radical (unpaired) electrons. The highest BCUT2D eigenvalue weighted by atomic mass is 19.4. The maximum atomic E-state index is 13.2. The Bertz CT molecular complexity index is 1070. The van der Waals surface area contributed by atoms with Gasteiger partial charge in [0.1, 0.15) is 5.75 Å². The number of piperazine rings is 1. The smallest absolute Gasteiger partial charge is 0.453 e. The number of hydrazone groups is 1. The van der Waals surface area contributed by atoms with Crippen molar-refractivity contribution >= 4 is 29.4 Å². The van der Waals surface area contributed by atoms with Gasteiger partial charge in [0.15, 0.2) is 5.71 Å². The molecular weight excluding hydrogens is 471 g/mol. The number of hydrogen-bond acceptors (Lipinski definition) is 6. The quantitative estimate of drug-likeness (QED) is 0.491. The Labute approximate surface area is 198 Å². The van der Waals surface area contributed by atoms with Crippen LogP contribution >= 0.6 is 0 Å². The fourth-order valence-corrected chi connectivity index (χ4v) is 3.21. The number of nitrogens with one attached hydrogen (secondary N) is 2. The molecule has 2 aromatic carbocycles. The standard InChI is InChI=1S/C22H22F3N5O5/c1-34-21(33)30-13-11-29(12-14-30)19(31)18(15-5-3-2-4-6-15)27-28-20(32)26-16-7-9-17(10-8-16)35-22(23,24)25/h2-10H,11-14H2,1H3,(H2,26,28,32). The van der Waals surface area contributed by atoms with Crippen molar-refractivity contribution in [1.82, 2.24) is 15.2 Å².